The summed E-state index contributed by atoms with van der Waals surface area (Å²) < 4.78 is 0. The van der Waals surface area contributed by atoms with Crippen LogP contribution in [0.5, 0.6) is 0 Å². The van der Waals surface area contributed by atoms with Crippen LogP contribution in [0, 0.1) is 10.1 Å². The summed E-state index contributed by atoms with van der Waals surface area (Å²) >= 11 is 0. The first-order valence-electron chi connectivity index (χ1n) is 3.63. The van der Waals surface area contributed by atoms with Crippen LogP contribution in [-0.4, -0.2) is 18.6 Å². The van der Waals surface area contributed by atoms with Gasteiger partial charge in [-0.3, -0.25) is 14.9 Å². The fourth-order valence-corrected chi connectivity index (χ4v) is 0.887. The number of nitro groups is 1. The summed E-state index contributed by atoms with van der Waals surface area (Å²) in [4.78, 5) is 20.7. The number of ketones is 1. The summed E-state index contributed by atoms with van der Waals surface area (Å²) in [6, 6.07) is 5.35. The maximum Gasteiger partial charge on any atom is 0.269 e. The minimum absolute atomic E-state index is 0.0337. The number of non-ortho nitro benzene ring substituents is 1. The highest BCUT2D eigenvalue weighted by molar-refractivity contribution is 6.23. The number of benzene rings is 1. The zero-order valence-electron chi connectivity index (χ0n) is 6.77. The third-order valence-corrected chi connectivity index (χ3v) is 1.59. The lowest BCUT2D eigenvalue weighted by atomic mass is 9.96. The molecule has 0 unspecified atom stereocenters. The van der Waals surface area contributed by atoms with Crippen molar-refractivity contribution in [3.8, 4) is 0 Å². The lowest BCUT2D eigenvalue weighted by Gasteiger charge is -1.96. The minimum atomic E-state index is -0.517. The van der Waals surface area contributed by atoms with Gasteiger partial charge in [0.05, 0.1) is 12.8 Å². The number of hydrogen-bond donors (Lipinski definition) is 0. The molecule has 0 aliphatic rings. The Labute approximate surface area is 76.1 Å². The van der Waals surface area contributed by atoms with Gasteiger partial charge in [-0.1, -0.05) is 0 Å². The van der Waals surface area contributed by atoms with Crippen LogP contribution < -0.4 is 0 Å². The maximum atomic E-state index is 11.0. The van der Waals surface area contributed by atoms with Gasteiger partial charge in [0.2, 0.25) is 0 Å². The maximum absolute atomic E-state index is 11.0. The molecule has 1 aromatic rings. The van der Waals surface area contributed by atoms with E-state index in [9.17, 15) is 14.9 Å². The normalized spacial score (nSPS) is 9.54. The third-order valence-electron chi connectivity index (χ3n) is 1.59. The summed E-state index contributed by atoms with van der Waals surface area (Å²) in [5.74, 6) is -0.227. The van der Waals surface area contributed by atoms with Crippen molar-refractivity contribution in [2.75, 3.05) is 0 Å². The number of nitro benzene ring substituents is 1. The van der Waals surface area contributed by atoms with Gasteiger partial charge in [0, 0.05) is 17.7 Å². The molecule has 4 nitrogen and oxygen atoms in total. The molecule has 0 saturated carbocycles. The number of carbonyl (C=O) groups is 1. The highest BCUT2D eigenvalue weighted by atomic mass is 16.6. The SMILES string of the molecule is [B]CC(=O)c1ccc([N+](=O)[O-])cc1. The first-order chi connectivity index (χ1) is 6.15. The predicted molar refractivity (Wildman–Crippen MR) is 48.0 cm³/mol. The van der Waals surface area contributed by atoms with Crippen molar-refractivity contribution >= 4 is 19.3 Å². The summed E-state index contributed by atoms with van der Waals surface area (Å²) in [6.45, 7) is 0. The molecule has 0 fully saturated rings. The zero-order chi connectivity index (χ0) is 9.84. The highest BCUT2D eigenvalue weighted by Crippen LogP contribution is 2.12. The van der Waals surface area contributed by atoms with Gasteiger partial charge in [0.1, 0.15) is 0 Å². The standard InChI is InChI=1S/C8H6BNO3/c9-5-8(11)6-1-3-7(4-2-6)10(12)13/h1-4H,5H2. The zero-order valence-corrected chi connectivity index (χ0v) is 6.77. The Morgan fingerprint density at radius 2 is 1.92 bits per heavy atom. The van der Waals surface area contributed by atoms with Gasteiger partial charge >= 0.3 is 0 Å². The van der Waals surface area contributed by atoms with Crippen LogP contribution in [0.2, 0.25) is 6.32 Å². The van der Waals surface area contributed by atoms with Crippen LogP contribution in [0.15, 0.2) is 24.3 Å². The quantitative estimate of drug-likeness (QED) is 0.301. The average Bonchev–Trinajstić information content (AvgIpc) is 2.17. The van der Waals surface area contributed by atoms with Crippen molar-refractivity contribution in [1.82, 2.24) is 0 Å². The Kier molecular flexibility index (Phi) is 2.79. The fraction of sp³-hybridized carbons (Fsp3) is 0.125. The van der Waals surface area contributed by atoms with Crippen LogP contribution in [0.1, 0.15) is 10.4 Å². The monoisotopic (exact) mass is 175 g/mol. The minimum Gasteiger partial charge on any atom is -0.295 e. The van der Waals surface area contributed by atoms with Gasteiger partial charge in [0.15, 0.2) is 5.78 Å². The Bertz CT molecular complexity index is 334. The molecular weight excluding hydrogens is 169 g/mol. The third kappa shape index (κ3) is 2.15. The Hall–Kier alpha value is -1.65. The molecule has 0 amide bonds. The Morgan fingerprint density at radius 3 is 2.31 bits per heavy atom. The van der Waals surface area contributed by atoms with Gasteiger partial charge in [-0.15, -0.1) is 0 Å². The van der Waals surface area contributed by atoms with E-state index in [1.54, 1.807) is 0 Å². The number of nitrogens with zero attached hydrogens (tertiary/aromatic N) is 1. The molecule has 13 heavy (non-hydrogen) atoms. The van der Waals surface area contributed by atoms with Gasteiger partial charge in [-0.05, 0) is 18.5 Å². The molecule has 1 rings (SSSR count). The van der Waals surface area contributed by atoms with Crippen LogP contribution >= 0.6 is 0 Å². The van der Waals surface area contributed by atoms with Crippen LogP contribution in [0.25, 0.3) is 0 Å². The number of hydrogen-bond acceptors (Lipinski definition) is 3. The van der Waals surface area contributed by atoms with Crippen molar-refractivity contribution in [3.05, 3.63) is 39.9 Å². The van der Waals surface area contributed by atoms with Gasteiger partial charge in [-0.2, -0.15) is 0 Å². The molecule has 5 heteroatoms. The molecule has 0 bridgehead atoms. The van der Waals surface area contributed by atoms with Crippen molar-refractivity contribution < 1.29 is 9.72 Å². The second-order valence-corrected chi connectivity index (χ2v) is 2.43. The lowest BCUT2D eigenvalue weighted by Crippen LogP contribution is -1.97. The molecule has 0 N–H and O–H groups in total. The van der Waals surface area contributed by atoms with E-state index in [1.807, 2.05) is 0 Å². The van der Waals surface area contributed by atoms with E-state index >= 15 is 0 Å². The second kappa shape index (κ2) is 3.84. The molecule has 2 radical (unpaired) electrons. The van der Waals surface area contributed by atoms with Crippen LogP contribution in [0.3, 0.4) is 0 Å². The molecule has 1 aromatic carbocycles. The lowest BCUT2D eigenvalue weighted by molar-refractivity contribution is -0.384. The van der Waals surface area contributed by atoms with Gasteiger partial charge in [0.25, 0.3) is 5.69 Å². The van der Waals surface area contributed by atoms with E-state index in [-0.39, 0.29) is 17.8 Å². The molecule has 0 heterocycles. The number of Topliss-reactive ketones (excluding diaryl/α,β-unsaturated/α-hetero) is 1. The Morgan fingerprint density at radius 1 is 1.38 bits per heavy atom. The van der Waals surface area contributed by atoms with Crippen molar-refractivity contribution in [1.29, 1.82) is 0 Å². The predicted octanol–water partition coefficient (Wildman–Crippen LogP) is 1.36. The largest absolute Gasteiger partial charge is 0.295 e. The van der Waals surface area contributed by atoms with E-state index in [0.29, 0.717) is 5.56 Å². The van der Waals surface area contributed by atoms with Gasteiger partial charge in [-0.25, -0.2) is 0 Å². The fourth-order valence-electron chi connectivity index (χ4n) is 0.887. The first-order valence-corrected chi connectivity index (χ1v) is 3.63. The van der Waals surface area contributed by atoms with Gasteiger partial charge < -0.3 is 0 Å². The van der Waals surface area contributed by atoms with Crippen molar-refractivity contribution in [2.24, 2.45) is 0 Å². The van der Waals surface area contributed by atoms with Crippen molar-refractivity contribution in [3.63, 3.8) is 0 Å². The summed E-state index contributed by atoms with van der Waals surface area (Å²) in [7, 11) is 5.12. The van der Waals surface area contributed by atoms with E-state index < -0.39 is 4.92 Å². The molecule has 0 spiro atoms. The molecular formula is C8H6BNO3. The topological polar surface area (TPSA) is 60.2 Å². The average molecular weight is 175 g/mol. The summed E-state index contributed by atoms with van der Waals surface area (Å²) in [5, 5.41) is 10.2. The molecule has 0 aliphatic heterocycles. The highest BCUT2D eigenvalue weighted by Gasteiger charge is 2.06. The summed E-state index contributed by atoms with van der Waals surface area (Å²) in [5.41, 5.74) is 0.363. The van der Waals surface area contributed by atoms with Crippen LogP contribution in [-0.2, 0) is 0 Å². The molecule has 0 saturated heterocycles. The number of rotatable bonds is 3. The molecule has 0 aromatic heterocycles. The number of carbonyl (C=O) groups excluding carboxylic acids is 1. The summed E-state index contributed by atoms with van der Waals surface area (Å²) in [6.07, 6.45) is -0.0855. The van der Waals surface area contributed by atoms with E-state index in [2.05, 4.69) is 0 Å². The molecule has 64 valence electrons. The van der Waals surface area contributed by atoms with Crippen LogP contribution in [0.4, 0.5) is 5.69 Å². The Balaban J connectivity index is 2.93. The first kappa shape index (κ1) is 9.44. The van der Waals surface area contributed by atoms with Crippen molar-refractivity contribution in [2.45, 2.75) is 6.32 Å². The van der Waals surface area contributed by atoms with E-state index in [1.165, 1.54) is 24.3 Å². The molecule has 0 atom stereocenters. The van der Waals surface area contributed by atoms with E-state index in [4.69, 9.17) is 7.85 Å². The smallest absolute Gasteiger partial charge is 0.269 e. The molecule has 0 aliphatic carbocycles. The van der Waals surface area contributed by atoms with E-state index in [0.717, 1.165) is 0 Å². The second-order valence-electron chi connectivity index (χ2n) is 2.43.